The number of hydrogen-bond donors (Lipinski definition) is 1. The third-order valence-corrected chi connectivity index (χ3v) is 4.70. The zero-order valence-corrected chi connectivity index (χ0v) is 14.9. The van der Waals surface area contributed by atoms with Crippen LogP contribution in [-0.4, -0.2) is 34.3 Å². The van der Waals surface area contributed by atoms with Gasteiger partial charge in [0.25, 0.3) is 0 Å². The fraction of sp³-hybridized carbons (Fsp3) is 0.333. The van der Waals surface area contributed by atoms with E-state index >= 15 is 0 Å². The van der Waals surface area contributed by atoms with Crippen LogP contribution in [0.5, 0.6) is 17.2 Å². The molecule has 1 heterocycles. The minimum Gasteiger partial charge on any atom is -0.492 e. The topological polar surface area (TPSA) is 65.0 Å². The van der Waals surface area contributed by atoms with E-state index in [2.05, 4.69) is 0 Å². The van der Waals surface area contributed by atoms with Crippen LogP contribution in [0.3, 0.4) is 0 Å². The van der Waals surface area contributed by atoms with Crippen molar-refractivity contribution in [3.8, 4) is 17.2 Å². The van der Waals surface area contributed by atoms with Gasteiger partial charge < -0.3 is 18.8 Å². The smallest absolute Gasteiger partial charge is 0.416 e. The van der Waals surface area contributed by atoms with Gasteiger partial charge in [-0.05, 0) is 30.3 Å². The van der Waals surface area contributed by atoms with Crippen molar-refractivity contribution in [2.45, 2.75) is 12.1 Å². The largest absolute Gasteiger partial charge is 0.492 e. The maximum absolute atomic E-state index is 12.5. The number of rotatable bonds is 7. The van der Waals surface area contributed by atoms with Gasteiger partial charge in [0.2, 0.25) is 0 Å². The quantitative estimate of drug-likeness (QED) is 0.563. The van der Waals surface area contributed by atoms with Crippen LogP contribution < -0.4 is 14.2 Å². The first kappa shape index (κ1) is 19.5. The molecule has 0 radical (unpaired) electrons. The number of halogens is 3. The lowest BCUT2D eigenvalue weighted by Gasteiger charge is -2.11. The summed E-state index contributed by atoms with van der Waals surface area (Å²) in [7, 11) is 0. The highest BCUT2D eigenvalue weighted by atomic mass is 32.2. The third kappa shape index (κ3) is 5.14. The fourth-order valence-corrected chi connectivity index (χ4v) is 3.34. The molecule has 0 amide bonds. The first-order valence-electron chi connectivity index (χ1n) is 8.10. The van der Waals surface area contributed by atoms with Gasteiger partial charge in [-0.1, -0.05) is 6.07 Å². The van der Waals surface area contributed by atoms with E-state index < -0.39 is 22.8 Å². The molecule has 1 aliphatic heterocycles. The Balaban J connectivity index is 1.48. The Morgan fingerprint density at radius 1 is 1.07 bits per heavy atom. The lowest BCUT2D eigenvalue weighted by Crippen LogP contribution is -2.10. The van der Waals surface area contributed by atoms with E-state index in [0.717, 1.165) is 17.7 Å². The molecule has 1 N–H and O–H groups in total. The Bertz CT molecular complexity index is 808. The molecule has 2 aromatic rings. The van der Waals surface area contributed by atoms with Gasteiger partial charge in [-0.3, -0.25) is 0 Å². The van der Waals surface area contributed by atoms with E-state index in [4.69, 9.17) is 18.8 Å². The minimum atomic E-state index is -4.37. The Kier molecular flexibility index (Phi) is 5.91. The van der Waals surface area contributed by atoms with Crippen LogP contribution in [-0.2, 0) is 17.3 Å². The molecule has 2 aromatic carbocycles. The van der Waals surface area contributed by atoms with Crippen molar-refractivity contribution in [1.82, 2.24) is 0 Å². The Morgan fingerprint density at radius 2 is 1.70 bits per heavy atom. The number of hydrogen-bond acceptors (Lipinski definition) is 4. The maximum atomic E-state index is 12.5. The molecule has 0 aromatic heterocycles. The normalized spacial score (nSPS) is 17.1. The molecule has 0 fully saturated rings. The summed E-state index contributed by atoms with van der Waals surface area (Å²) in [5.41, 5.74) is 0.137. The maximum Gasteiger partial charge on any atom is 0.416 e. The van der Waals surface area contributed by atoms with Crippen LogP contribution in [0, 0.1) is 0 Å². The highest BCUT2D eigenvalue weighted by molar-refractivity contribution is 7.79. The average Bonchev–Trinajstić information content (AvgIpc) is 3.00. The zero-order valence-electron chi connectivity index (χ0n) is 14.1. The van der Waals surface area contributed by atoms with Gasteiger partial charge in [-0.15, -0.1) is 0 Å². The molecule has 5 nitrogen and oxygen atoms in total. The number of benzene rings is 2. The standard InChI is InChI=1S/C18H17F3O5S/c19-18(20,21)13-1-3-14(4-2-13)24-7-8-25-15-5-6-16-12(11-27(22)23)10-26-17(16)9-15/h1-6,9,12H,7-8,10-11H2,(H,22,23). The van der Waals surface area contributed by atoms with Gasteiger partial charge in [0.1, 0.15) is 30.5 Å². The predicted molar refractivity (Wildman–Crippen MR) is 92.8 cm³/mol. The molecule has 27 heavy (non-hydrogen) atoms. The van der Waals surface area contributed by atoms with Crippen LogP contribution in [0.1, 0.15) is 17.0 Å². The molecule has 9 heteroatoms. The monoisotopic (exact) mass is 402 g/mol. The fourth-order valence-electron chi connectivity index (χ4n) is 2.72. The van der Waals surface area contributed by atoms with Gasteiger partial charge >= 0.3 is 6.18 Å². The lowest BCUT2D eigenvalue weighted by atomic mass is 10.0. The van der Waals surface area contributed by atoms with Gasteiger partial charge in [-0.25, -0.2) is 4.21 Å². The zero-order chi connectivity index (χ0) is 19.4. The summed E-state index contributed by atoms with van der Waals surface area (Å²) in [4.78, 5) is 0. The van der Waals surface area contributed by atoms with Gasteiger partial charge in [0.05, 0.1) is 17.9 Å². The highest BCUT2D eigenvalue weighted by Gasteiger charge is 2.30. The van der Waals surface area contributed by atoms with Crippen LogP contribution >= 0.6 is 0 Å². The lowest BCUT2D eigenvalue weighted by molar-refractivity contribution is -0.137. The SMILES string of the molecule is O=S(O)CC1COc2cc(OCCOc3ccc(C(F)(F)F)cc3)ccc21. The van der Waals surface area contributed by atoms with E-state index in [1.54, 1.807) is 18.2 Å². The van der Waals surface area contributed by atoms with E-state index in [1.165, 1.54) is 12.1 Å². The summed E-state index contributed by atoms with van der Waals surface area (Å²) in [5.74, 6) is 1.49. The van der Waals surface area contributed by atoms with Crippen LogP contribution in [0.15, 0.2) is 42.5 Å². The van der Waals surface area contributed by atoms with Crippen molar-refractivity contribution in [2.24, 2.45) is 0 Å². The molecule has 0 aliphatic carbocycles. The molecular weight excluding hydrogens is 385 g/mol. The van der Waals surface area contributed by atoms with E-state index in [-0.39, 0.29) is 24.9 Å². The molecule has 3 rings (SSSR count). The van der Waals surface area contributed by atoms with Crippen molar-refractivity contribution in [1.29, 1.82) is 0 Å². The summed E-state index contributed by atoms with van der Waals surface area (Å²) in [6.07, 6.45) is -4.37. The van der Waals surface area contributed by atoms with E-state index in [9.17, 15) is 17.4 Å². The first-order valence-corrected chi connectivity index (χ1v) is 9.37. The van der Waals surface area contributed by atoms with Crippen molar-refractivity contribution in [3.63, 3.8) is 0 Å². The summed E-state index contributed by atoms with van der Waals surface area (Å²) in [6.45, 7) is 0.710. The number of fused-ring (bicyclic) bond motifs is 1. The molecule has 1 aliphatic rings. The predicted octanol–water partition coefficient (Wildman–Crippen LogP) is 3.86. The highest BCUT2D eigenvalue weighted by Crippen LogP contribution is 2.37. The second kappa shape index (κ2) is 8.18. The number of ether oxygens (including phenoxy) is 3. The first-order chi connectivity index (χ1) is 12.8. The van der Waals surface area contributed by atoms with E-state index in [0.29, 0.717) is 23.9 Å². The summed E-state index contributed by atoms with van der Waals surface area (Å²) >= 11 is -1.89. The summed E-state index contributed by atoms with van der Waals surface area (Å²) in [5, 5.41) is 0. The van der Waals surface area contributed by atoms with Crippen molar-refractivity contribution >= 4 is 11.1 Å². The molecule has 0 spiro atoms. The molecule has 146 valence electrons. The average molecular weight is 402 g/mol. The van der Waals surface area contributed by atoms with Crippen LogP contribution in [0.2, 0.25) is 0 Å². The van der Waals surface area contributed by atoms with Gasteiger partial charge in [0.15, 0.2) is 11.1 Å². The van der Waals surface area contributed by atoms with Crippen molar-refractivity contribution < 1.29 is 36.1 Å². The molecule has 0 saturated heterocycles. The third-order valence-electron chi connectivity index (χ3n) is 4.01. The molecule has 2 atom stereocenters. The van der Waals surface area contributed by atoms with Gasteiger partial charge in [-0.2, -0.15) is 13.2 Å². The Hall–Kier alpha value is -2.26. The Morgan fingerprint density at radius 3 is 2.33 bits per heavy atom. The second-order valence-corrected chi connectivity index (χ2v) is 6.89. The molecular formula is C18H17F3O5S. The van der Waals surface area contributed by atoms with Gasteiger partial charge in [0, 0.05) is 17.5 Å². The summed E-state index contributed by atoms with van der Waals surface area (Å²) < 4.78 is 73.9. The second-order valence-electron chi connectivity index (χ2n) is 5.91. The van der Waals surface area contributed by atoms with Crippen molar-refractivity contribution in [2.75, 3.05) is 25.6 Å². The van der Waals surface area contributed by atoms with Crippen LogP contribution in [0.25, 0.3) is 0 Å². The minimum absolute atomic E-state index is 0.119. The Labute approximate surface area is 156 Å². The molecule has 0 bridgehead atoms. The molecule has 2 unspecified atom stereocenters. The van der Waals surface area contributed by atoms with Crippen LogP contribution in [0.4, 0.5) is 13.2 Å². The number of alkyl halides is 3. The van der Waals surface area contributed by atoms with Crippen molar-refractivity contribution in [3.05, 3.63) is 53.6 Å². The summed E-state index contributed by atoms with van der Waals surface area (Å²) in [6, 6.07) is 9.68. The molecule has 0 saturated carbocycles. The van der Waals surface area contributed by atoms with E-state index in [1.807, 2.05) is 0 Å².